The first-order valence-electron chi connectivity index (χ1n) is 8.22. The Morgan fingerprint density at radius 2 is 2.12 bits per heavy atom. The average molecular weight is 417 g/mol. The van der Waals surface area contributed by atoms with Gasteiger partial charge in [0.25, 0.3) is 0 Å². The highest BCUT2D eigenvalue weighted by Gasteiger charge is 2.27. The number of thiazole rings is 1. The zero-order chi connectivity index (χ0) is 17.2. The van der Waals surface area contributed by atoms with E-state index in [1.165, 1.54) is 0 Å². The van der Waals surface area contributed by atoms with Crippen molar-refractivity contribution in [1.29, 1.82) is 0 Å². The molecule has 1 aliphatic heterocycles. The molecule has 0 spiro atoms. The van der Waals surface area contributed by atoms with Crippen LogP contribution in [-0.2, 0) is 4.79 Å². The third-order valence-corrected chi connectivity index (χ3v) is 5.90. The van der Waals surface area contributed by atoms with E-state index in [0.717, 1.165) is 45.0 Å². The quantitative estimate of drug-likeness (QED) is 0.690. The smallest absolute Gasteiger partial charge is 0.229 e. The van der Waals surface area contributed by atoms with Crippen molar-refractivity contribution in [3.63, 3.8) is 0 Å². The van der Waals surface area contributed by atoms with Crippen LogP contribution in [0, 0.1) is 5.92 Å². The number of nitrogens with zero attached hydrogens (tertiary/aromatic N) is 3. The first-order chi connectivity index (χ1) is 12.2. The van der Waals surface area contributed by atoms with Crippen LogP contribution in [0.15, 0.2) is 47.1 Å². The van der Waals surface area contributed by atoms with Gasteiger partial charge in [0.2, 0.25) is 5.91 Å². The van der Waals surface area contributed by atoms with Crippen molar-refractivity contribution in [3.05, 3.63) is 47.1 Å². The van der Waals surface area contributed by atoms with Crippen molar-refractivity contribution in [2.45, 2.75) is 12.8 Å². The summed E-state index contributed by atoms with van der Waals surface area (Å²) >= 11 is 5.00. The Morgan fingerprint density at radius 1 is 1.28 bits per heavy atom. The van der Waals surface area contributed by atoms with Gasteiger partial charge in [-0.1, -0.05) is 27.3 Å². The van der Waals surface area contributed by atoms with Crippen molar-refractivity contribution in [1.82, 2.24) is 9.97 Å². The fourth-order valence-electron chi connectivity index (χ4n) is 3.04. The molecule has 1 amide bonds. The summed E-state index contributed by atoms with van der Waals surface area (Å²) in [7, 11) is 0. The Labute approximate surface area is 158 Å². The zero-order valence-electron chi connectivity index (χ0n) is 13.5. The molecule has 0 saturated carbocycles. The second kappa shape index (κ2) is 7.09. The number of carbonyl (C=O) groups is 1. The van der Waals surface area contributed by atoms with Gasteiger partial charge in [-0.25, -0.2) is 9.97 Å². The van der Waals surface area contributed by atoms with Gasteiger partial charge in [-0.3, -0.25) is 4.79 Å². The zero-order valence-corrected chi connectivity index (χ0v) is 15.9. The second-order valence-electron chi connectivity index (χ2n) is 6.11. The fourth-order valence-corrected chi connectivity index (χ4v) is 4.24. The monoisotopic (exact) mass is 416 g/mol. The molecule has 3 heterocycles. The molecule has 0 unspecified atom stereocenters. The van der Waals surface area contributed by atoms with Gasteiger partial charge >= 0.3 is 0 Å². The number of halogens is 1. The number of pyridine rings is 1. The van der Waals surface area contributed by atoms with Crippen LogP contribution in [0.1, 0.15) is 12.8 Å². The summed E-state index contributed by atoms with van der Waals surface area (Å²) in [5.74, 6) is 0.0450. The molecule has 0 radical (unpaired) electrons. The predicted molar refractivity (Wildman–Crippen MR) is 105 cm³/mol. The fraction of sp³-hybridized carbons (Fsp3) is 0.278. The number of piperidine rings is 1. The third kappa shape index (κ3) is 3.67. The number of fused-ring (bicyclic) bond motifs is 1. The van der Waals surface area contributed by atoms with Crippen LogP contribution in [0.3, 0.4) is 0 Å². The molecule has 4 rings (SSSR count). The maximum atomic E-state index is 12.6. The van der Waals surface area contributed by atoms with E-state index in [9.17, 15) is 4.79 Å². The van der Waals surface area contributed by atoms with Gasteiger partial charge in [-0.15, -0.1) is 0 Å². The summed E-state index contributed by atoms with van der Waals surface area (Å²) in [6.45, 7) is 1.63. The predicted octanol–water partition coefficient (Wildman–Crippen LogP) is 4.31. The minimum Gasteiger partial charge on any atom is -0.347 e. The molecule has 2 aromatic heterocycles. The maximum absolute atomic E-state index is 12.6. The Morgan fingerprint density at radius 3 is 2.92 bits per heavy atom. The third-order valence-electron chi connectivity index (χ3n) is 4.33. The number of nitrogens with one attached hydrogen (secondary N) is 1. The minimum atomic E-state index is -0.0302. The normalized spacial score (nSPS) is 17.6. The number of amides is 1. The molecule has 1 fully saturated rings. The lowest BCUT2D eigenvalue weighted by Crippen LogP contribution is -2.40. The highest BCUT2D eigenvalue weighted by molar-refractivity contribution is 9.10. The number of aromatic nitrogens is 2. The van der Waals surface area contributed by atoms with E-state index < -0.39 is 0 Å². The van der Waals surface area contributed by atoms with E-state index in [1.807, 2.05) is 36.4 Å². The Kier molecular flexibility index (Phi) is 4.67. The Bertz CT molecular complexity index is 862. The van der Waals surface area contributed by atoms with E-state index in [4.69, 9.17) is 0 Å². The summed E-state index contributed by atoms with van der Waals surface area (Å²) in [4.78, 5) is 24.8. The molecular formula is C18H17BrN4OS. The molecule has 1 aromatic carbocycles. The lowest BCUT2D eigenvalue weighted by molar-refractivity contribution is -0.120. The number of hydrogen-bond acceptors (Lipinski definition) is 5. The summed E-state index contributed by atoms with van der Waals surface area (Å²) in [6.07, 6.45) is 3.68. The number of rotatable bonds is 3. The van der Waals surface area contributed by atoms with Crippen LogP contribution >= 0.6 is 27.3 Å². The summed E-state index contributed by atoms with van der Waals surface area (Å²) < 4.78 is 0.999. The molecule has 5 nitrogen and oxygen atoms in total. The Balaban J connectivity index is 1.46. The van der Waals surface area contributed by atoms with E-state index in [2.05, 4.69) is 36.1 Å². The molecule has 7 heteroatoms. The number of hydrogen-bond donors (Lipinski definition) is 1. The Hall–Kier alpha value is -1.99. The summed E-state index contributed by atoms with van der Waals surface area (Å²) in [5, 5.41) is 3.98. The first-order valence-corrected chi connectivity index (χ1v) is 9.83. The standard InChI is InChI=1S/C18H17BrN4OS/c19-13-5-7-14(8-6-13)21-16(24)12-3-2-10-23(11-12)18-22-15-4-1-9-20-17(15)25-18/h1,4-9,12H,2-3,10-11H2,(H,21,24)/t12-/m0/s1. The van der Waals surface area contributed by atoms with Crippen LogP contribution in [0.5, 0.6) is 0 Å². The highest BCUT2D eigenvalue weighted by atomic mass is 79.9. The topological polar surface area (TPSA) is 58.1 Å². The average Bonchev–Trinajstić information content (AvgIpc) is 3.08. The molecule has 1 N–H and O–H groups in total. The minimum absolute atomic E-state index is 0.0302. The second-order valence-corrected chi connectivity index (χ2v) is 7.98. The van der Waals surface area contributed by atoms with Crippen molar-refractivity contribution in [3.8, 4) is 0 Å². The lowest BCUT2D eigenvalue weighted by Gasteiger charge is -2.31. The summed E-state index contributed by atoms with van der Waals surface area (Å²) in [5.41, 5.74) is 1.75. The SMILES string of the molecule is O=C(Nc1ccc(Br)cc1)[C@H]1CCCN(c2nc3cccnc3s2)C1. The number of anilines is 2. The van der Waals surface area contributed by atoms with Crippen LogP contribution in [0.4, 0.5) is 10.8 Å². The van der Waals surface area contributed by atoms with E-state index in [0.29, 0.717) is 6.54 Å². The highest BCUT2D eigenvalue weighted by Crippen LogP contribution is 2.30. The van der Waals surface area contributed by atoms with Crippen LogP contribution in [0.2, 0.25) is 0 Å². The molecule has 25 heavy (non-hydrogen) atoms. The number of benzene rings is 1. The first kappa shape index (κ1) is 16.5. The van der Waals surface area contributed by atoms with E-state index >= 15 is 0 Å². The van der Waals surface area contributed by atoms with Gasteiger partial charge < -0.3 is 10.2 Å². The lowest BCUT2D eigenvalue weighted by atomic mass is 9.97. The molecular weight excluding hydrogens is 400 g/mol. The van der Waals surface area contributed by atoms with Gasteiger partial charge in [0.05, 0.1) is 5.92 Å². The molecule has 1 atom stereocenters. The molecule has 1 aliphatic rings. The van der Waals surface area contributed by atoms with Crippen molar-refractivity contribution in [2.24, 2.45) is 5.92 Å². The number of carbonyl (C=O) groups excluding carboxylic acids is 1. The van der Waals surface area contributed by atoms with Gasteiger partial charge in [0, 0.05) is 29.4 Å². The summed E-state index contributed by atoms with van der Waals surface area (Å²) in [6, 6.07) is 11.5. The van der Waals surface area contributed by atoms with Crippen molar-refractivity contribution < 1.29 is 4.79 Å². The van der Waals surface area contributed by atoms with Crippen LogP contribution in [0.25, 0.3) is 10.3 Å². The van der Waals surface area contributed by atoms with E-state index in [-0.39, 0.29) is 11.8 Å². The molecule has 1 saturated heterocycles. The van der Waals surface area contributed by atoms with E-state index in [1.54, 1.807) is 17.5 Å². The van der Waals surface area contributed by atoms with Crippen molar-refractivity contribution in [2.75, 3.05) is 23.3 Å². The van der Waals surface area contributed by atoms with Crippen LogP contribution in [-0.4, -0.2) is 29.0 Å². The van der Waals surface area contributed by atoms with Crippen LogP contribution < -0.4 is 10.2 Å². The van der Waals surface area contributed by atoms with Gasteiger partial charge in [0.15, 0.2) is 5.13 Å². The van der Waals surface area contributed by atoms with Crippen molar-refractivity contribution >= 4 is 54.3 Å². The van der Waals surface area contributed by atoms with Gasteiger partial charge in [-0.2, -0.15) is 0 Å². The largest absolute Gasteiger partial charge is 0.347 e. The molecule has 3 aromatic rings. The molecule has 128 valence electrons. The molecule has 0 bridgehead atoms. The maximum Gasteiger partial charge on any atom is 0.229 e. The van der Waals surface area contributed by atoms with Gasteiger partial charge in [0.1, 0.15) is 10.3 Å². The van der Waals surface area contributed by atoms with Gasteiger partial charge in [-0.05, 0) is 49.2 Å². The molecule has 0 aliphatic carbocycles.